The number of primary sulfonamides is 1. The van der Waals surface area contributed by atoms with Crippen molar-refractivity contribution in [3.63, 3.8) is 0 Å². The minimum atomic E-state index is -4.01. The molecule has 0 spiro atoms. The van der Waals surface area contributed by atoms with Crippen LogP contribution in [0.5, 0.6) is 0 Å². The van der Waals surface area contributed by atoms with Gasteiger partial charge in [-0.3, -0.25) is 21.0 Å². The average molecular weight is 333 g/mol. The van der Waals surface area contributed by atoms with Crippen LogP contribution < -0.4 is 21.3 Å². The molecule has 1 rings (SSSR count). The van der Waals surface area contributed by atoms with Crippen molar-refractivity contribution < 1.29 is 13.3 Å². The normalized spacial score (nSPS) is 10.8. The molecule has 0 saturated carbocycles. The summed E-state index contributed by atoms with van der Waals surface area (Å²) in [6.45, 7) is 2.61. The zero-order valence-electron chi connectivity index (χ0n) is 11.1. The summed E-state index contributed by atoms with van der Waals surface area (Å²) >= 11 is 4.94. The zero-order valence-corrected chi connectivity index (χ0v) is 12.8. The minimum absolute atomic E-state index is 0.0630. The van der Waals surface area contributed by atoms with Crippen LogP contribution in [-0.2, 0) is 10.0 Å². The topological polar surface area (TPSA) is 139 Å². The smallest absolute Gasteiger partial charge is 0.295 e. The molecule has 11 heteroatoms. The molecule has 1 aromatic carbocycles. The summed E-state index contributed by atoms with van der Waals surface area (Å²) in [5.41, 5.74) is 4.75. The van der Waals surface area contributed by atoms with Gasteiger partial charge in [-0.25, -0.2) is 13.6 Å². The Morgan fingerprint density at radius 3 is 2.67 bits per heavy atom. The number of nitrogens with zero attached hydrogens (tertiary/aromatic N) is 1. The summed E-state index contributed by atoms with van der Waals surface area (Å²) in [5, 5.41) is 19.0. The SMILES string of the molecule is CCCNC(=S)NNc1ccc(S(N)(=O)=O)cc1[N+](=O)[O-]. The van der Waals surface area contributed by atoms with E-state index in [1.807, 2.05) is 6.92 Å². The van der Waals surface area contributed by atoms with Gasteiger partial charge in [-0.05, 0) is 30.8 Å². The van der Waals surface area contributed by atoms with E-state index in [1.165, 1.54) is 6.07 Å². The van der Waals surface area contributed by atoms with Gasteiger partial charge in [0.2, 0.25) is 10.0 Å². The van der Waals surface area contributed by atoms with Crippen LogP contribution in [0.25, 0.3) is 0 Å². The van der Waals surface area contributed by atoms with Gasteiger partial charge >= 0.3 is 0 Å². The Kier molecular flexibility index (Phi) is 5.81. The number of anilines is 1. The summed E-state index contributed by atoms with van der Waals surface area (Å²) in [7, 11) is -4.01. The first-order valence-electron chi connectivity index (χ1n) is 5.86. The third kappa shape index (κ3) is 5.13. The lowest BCUT2D eigenvalue weighted by Gasteiger charge is -2.12. The van der Waals surface area contributed by atoms with E-state index < -0.39 is 20.6 Å². The molecule has 0 heterocycles. The third-order valence-electron chi connectivity index (χ3n) is 2.34. The van der Waals surface area contributed by atoms with Gasteiger partial charge in [0.15, 0.2) is 5.11 Å². The van der Waals surface area contributed by atoms with Crippen LogP contribution in [0.1, 0.15) is 13.3 Å². The van der Waals surface area contributed by atoms with E-state index >= 15 is 0 Å². The highest BCUT2D eigenvalue weighted by atomic mass is 32.2. The Balaban J connectivity index is 2.93. The van der Waals surface area contributed by atoms with Gasteiger partial charge in [0.05, 0.1) is 9.82 Å². The first-order valence-corrected chi connectivity index (χ1v) is 7.82. The van der Waals surface area contributed by atoms with Gasteiger partial charge in [0.25, 0.3) is 5.69 Å². The molecule has 0 saturated heterocycles. The molecule has 0 radical (unpaired) electrons. The maximum atomic E-state index is 11.2. The molecule has 116 valence electrons. The van der Waals surface area contributed by atoms with Gasteiger partial charge < -0.3 is 5.32 Å². The largest absolute Gasteiger partial charge is 0.361 e. The first kappa shape index (κ1) is 17.1. The zero-order chi connectivity index (χ0) is 16.0. The van der Waals surface area contributed by atoms with E-state index in [-0.39, 0.29) is 15.7 Å². The molecule has 21 heavy (non-hydrogen) atoms. The second kappa shape index (κ2) is 7.15. The van der Waals surface area contributed by atoms with E-state index in [0.29, 0.717) is 6.54 Å². The molecule has 0 amide bonds. The highest BCUT2D eigenvalue weighted by molar-refractivity contribution is 7.89. The first-order chi connectivity index (χ1) is 9.75. The van der Waals surface area contributed by atoms with Crippen molar-refractivity contribution in [1.29, 1.82) is 0 Å². The fourth-order valence-electron chi connectivity index (χ4n) is 1.35. The number of thiocarbonyl (C=S) groups is 1. The van der Waals surface area contributed by atoms with E-state index in [2.05, 4.69) is 16.2 Å². The Labute approximate surface area is 127 Å². The predicted molar refractivity (Wildman–Crippen MR) is 82.1 cm³/mol. The van der Waals surface area contributed by atoms with Crippen LogP contribution >= 0.6 is 12.2 Å². The maximum absolute atomic E-state index is 11.2. The molecular formula is C10H15N5O4S2. The van der Waals surface area contributed by atoms with Crippen LogP contribution in [0.4, 0.5) is 11.4 Å². The number of nitro benzene ring substituents is 1. The summed E-state index contributed by atoms with van der Waals surface area (Å²) in [5.74, 6) is 0. The summed E-state index contributed by atoms with van der Waals surface area (Å²) in [6, 6.07) is 3.27. The standard InChI is InChI=1S/C10H15N5O4S2/c1-2-5-12-10(20)14-13-8-4-3-7(21(11,18)19)6-9(8)15(16)17/h3-4,6,13H,2,5H2,1H3,(H2,11,18,19)(H2,12,14,20). The maximum Gasteiger partial charge on any atom is 0.295 e. The lowest BCUT2D eigenvalue weighted by Crippen LogP contribution is -2.39. The lowest BCUT2D eigenvalue weighted by atomic mass is 10.3. The molecule has 0 unspecified atom stereocenters. The van der Waals surface area contributed by atoms with Crippen molar-refractivity contribution >= 4 is 38.7 Å². The highest BCUT2D eigenvalue weighted by Gasteiger charge is 2.19. The quantitative estimate of drug-likeness (QED) is 0.334. The van der Waals surface area contributed by atoms with Crippen LogP contribution in [0.3, 0.4) is 0 Å². The summed E-state index contributed by atoms with van der Waals surface area (Å²) in [4.78, 5) is 9.91. The molecule has 5 N–H and O–H groups in total. The number of hydrogen-bond donors (Lipinski definition) is 4. The molecule has 0 aliphatic heterocycles. The van der Waals surface area contributed by atoms with E-state index in [0.717, 1.165) is 18.6 Å². The number of sulfonamides is 1. The Morgan fingerprint density at radius 2 is 2.14 bits per heavy atom. The van der Waals surface area contributed by atoms with Crippen molar-refractivity contribution in [3.05, 3.63) is 28.3 Å². The molecule has 1 aromatic rings. The van der Waals surface area contributed by atoms with E-state index in [9.17, 15) is 18.5 Å². The molecule has 0 aliphatic carbocycles. The van der Waals surface area contributed by atoms with Crippen molar-refractivity contribution in [2.75, 3.05) is 12.0 Å². The van der Waals surface area contributed by atoms with Gasteiger partial charge in [0.1, 0.15) is 5.69 Å². The van der Waals surface area contributed by atoms with Crippen molar-refractivity contribution in [1.82, 2.24) is 10.7 Å². The number of hydrazine groups is 1. The van der Waals surface area contributed by atoms with Gasteiger partial charge in [-0.2, -0.15) is 0 Å². The number of rotatable bonds is 6. The molecule has 0 atom stereocenters. The van der Waals surface area contributed by atoms with Gasteiger partial charge in [0, 0.05) is 12.6 Å². The number of nitro groups is 1. The number of nitrogens with two attached hydrogens (primary N) is 1. The van der Waals surface area contributed by atoms with Crippen molar-refractivity contribution in [2.24, 2.45) is 5.14 Å². The molecule has 0 fully saturated rings. The second-order valence-corrected chi connectivity index (χ2v) is 5.96. The summed E-state index contributed by atoms with van der Waals surface area (Å²) < 4.78 is 22.4. The average Bonchev–Trinajstić information content (AvgIpc) is 2.41. The Morgan fingerprint density at radius 1 is 1.48 bits per heavy atom. The summed E-state index contributed by atoms with van der Waals surface area (Å²) in [6.07, 6.45) is 0.866. The third-order valence-corrected chi connectivity index (χ3v) is 3.50. The fourth-order valence-corrected chi connectivity index (χ4v) is 2.04. The molecule has 0 aromatic heterocycles. The molecule has 9 nitrogen and oxygen atoms in total. The van der Waals surface area contributed by atoms with Crippen LogP contribution in [0.15, 0.2) is 23.1 Å². The van der Waals surface area contributed by atoms with Crippen LogP contribution in [-0.4, -0.2) is 25.0 Å². The lowest BCUT2D eigenvalue weighted by molar-refractivity contribution is -0.384. The monoisotopic (exact) mass is 333 g/mol. The number of nitrogens with one attached hydrogen (secondary N) is 3. The van der Waals surface area contributed by atoms with Crippen LogP contribution in [0.2, 0.25) is 0 Å². The van der Waals surface area contributed by atoms with Crippen molar-refractivity contribution in [3.8, 4) is 0 Å². The molecule has 0 aliphatic rings. The van der Waals surface area contributed by atoms with E-state index in [1.54, 1.807) is 0 Å². The van der Waals surface area contributed by atoms with Gasteiger partial charge in [-0.1, -0.05) is 6.92 Å². The van der Waals surface area contributed by atoms with Crippen molar-refractivity contribution in [2.45, 2.75) is 18.2 Å². The number of benzene rings is 1. The Bertz CT molecular complexity index is 647. The second-order valence-electron chi connectivity index (χ2n) is 3.99. The fraction of sp³-hybridized carbons (Fsp3) is 0.300. The Hall–Kier alpha value is -1.98. The number of hydrogen-bond acceptors (Lipinski definition) is 6. The highest BCUT2D eigenvalue weighted by Crippen LogP contribution is 2.26. The predicted octanol–water partition coefficient (Wildman–Crippen LogP) is 0.443. The minimum Gasteiger partial charge on any atom is -0.361 e. The molecular weight excluding hydrogens is 318 g/mol. The van der Waals surface area contributed by atoms with E-state index in [4.69, 9.17) is 17.4 Å². The van der Waals surface area contributed by atoms with Gasteiger partial charge in [-0.15, -0.1) is 0 Å². The molecule has 0 bridgehead atoms. The van der Waals surface area contributed by atoms with Crippen LogP contribution in [0, 0.1) is 10.1 Å².